The van der Waals surface area contributed by atoms with Gasteiger partial charge in [-0.1, -0.05) is 18.2 Å². The van der Waals surface area contributed by atoms with E-state index < -0.39 is 5.92 Å². The largest absolute Gasteiger partial charge is 0.497 e. The number of fused-ring (bicyclic) bond motifs is 1. The van der Waals surface area contributed by atoms with Crippen LogP contribution in [0.1, 0.15) is 12.1 Å². The van der Waals surface area contributed by atoms with E-state index in [2.05, 4.69) is 25.5 Å². The molecule has 1 N–H and O–H groups in total. The number of methoxy groups -OCH3 is 1. The van der Waals surface area contributed by atoms with Gasteiger partial charge in [-0.05, 0) is 43.3 Å². The molecule has 2 aromatic carbocycles. The average molecular weight is 509 g/mol. The number of rotatable bonds is 6. The van der Waals surface area contributed by atoms with E-state index in [9.17, 15) is 9.59 Å². The average Bonchev–Trinajstić information content (AvgIpc) is 3.65. The molecule has 1 aliphatic heterocycles. The lowest BCUT2D eigenvalue weighted by Gasteiger charge is -2.17. The molecule has 0 radical (unpaired) electrons. The second-order valence-corrected chi connectivity index (χ2v) is 9.00. The highest BCUT2D eigenvalue weighted by Crippen LogP contribution is 2.29. The van der Waals surface area contributed by atoms with Crippen LogP contribution in [0.15, 0.2) is 73.2 Å². The van der Waals surface area contributed by atoms with Crippen LogP contribution in [-0.2, 0) is 9.59 Å². The van der Waals surface area contributed by atoms with E-state index in [1.54, 1.807) is 45.8 Å². The van der Waals surface area contributed by atoms with Crippen LogP contribution >= 0.6 is 0 Å². The number of ether oxygens (including phenoxy) is 1. The number of aryl methyl sites for hydroxylation is 1. The molecule has 6 rings (SSSR count). The first kappa shape index (κ1) is 23.3. The molecule has 1 saturated heterocycles. The fraction of sp³-hybridized carbons (Fsp3) is 0.185. The predicted molar refractivity (Wildman–Crippen MR) is 141 cm³/mol. The second-order valence-electron chi connectivity index (χ2n) is 9.00. The summed E-state index contributed by atoms with van der Waals surface area (Å²) in [4.78, 5) is 36.5. The van der Waals surface area contributed by atoms with Crippen LogP contribution in [0.5, 0.6) is 5.75 Å². The van der Waals surface area contributed by atoms with Gasteiger partial charge in [-0.15, -0.1) is 0 Å². The number of aromatic nitrogens is 6. The number of hydrogen-bond donors (Lipinski definition) is 1. The maximum absolute atomic E-state index is 13.3. The van der Waals surface area contributed by atoms with Crippen molar-refractivity contribution in [1.29, 1.82) is 0 Å². The Labute approximate surface area is 217 Å². The summed E-state index contributed by atoms with van der Waals surface area (Å²) in [6.45, 7) is 2.12. The molecule has 1 fully saturated rings. The van der Waals surface area contributed by atoms with Crippen molar-refractivity contribution in [2.75, 3.05) is 23.9 Å². The summed E-state index contributed by atoms with van der Waals surface area (Å²) in [5.74, 6) is 0.760. The Hall–Kier alpha value is -5.06. The van der Waals surface area contributed by atoms with Gasteiger partial charge in [0.15, 0.2) is 11.5 Å². The van der Waals surface area contributed by atoms with Gasteiger partial charge in [0.2, 0.25) is 11.8 Å². The van der Waals surface area contributed by atoms with Crippen LogP contribution in [0.2, 0.25) is 0 Å². The van der Waals surface area contributed by atoms with E-state index in [-0.39, 0.29) is 24.8 Å². The Morgan fingerprint density at radius 1 is 1.03 bits per heavy atom. The normalized spacial score (nSPS) is 15.3. The Kier molecular flexibility index (Phi) is 5.79. The van der Waals surface area contributed by atoms with Crippen molar-refractivity contribution in [1.82, 2.24) is 29.5 Å². The summed E-state index contributed by atoms with van der Waals surface area (Å²) in [6.07, 6.45) is 3.25. The highest BCUT2D eigenvalue weighted by atomic mass is 16.5. The third-order valence-electron chi connectivity index (χ3n) is 6.51. The first-order chi connectivity index (χ1) is 18.5. The Morgan fingerprint density at radius 2 is 1.82 bits per heavy atom. The fourth-order valence-corrected chi connectivity index (χ4v) is 4.63. The van der Waals surface area contributed by atoms with Crippen molar-refractivity contribution >= 4 is 34.4 Å². The number of benzene rings is 2. The Bertz CT molecular complexity index is 1640. The summed E-state index contributed by atoms with van der Waals surface area (Å²) in [5, 5.41) is 12.7. The number of amides is 2. The summed E-state index contributed by atoms with van der Waals surface area (Å²) in [7, 11) is 1.59. The fourth-order valence-electron chi connectivity index (χ4n) is 4.63. The highest BCUT2D eigenvalue weighted by molar-refractivity contribution is 6.03. The molecule has 0 bridgehead atoms. The van der Waals surface area contributed by atoms with Crippen molar-refractivity contribution in [3.05, 3.63) is 78.9 Å². The van der Waals surface area contributed by atoms with E-state index in [0.717, 1.165) is 11.4 Å². The molecule has 4 heterocycles. The third kappa shape index (κ3) is 4.13. The molecular formula is C27H24N8O3. The summed E-state index contributed by atoms with van der Waals surface area (Å²) in [5.41, 5.74) is 2.91. The molecule has 11 nitrogen and oxygen atoms in total. The lowest BCUT2D eigenvalue weighted by atomic mass is 10.1. The second kappa shape index (κ2) is 9.43. The molecule has 0 saturated carbocycles. The van der Waals surface area contributed by atoms with Gasteiger partial charge in [0, 0.05) is 24.7 Å². The molecule has 3 aromatic heterocycles. The van der Waals surface area contributed by atoms with Gasteiger partial charge < -0.3 is 15.0 Å². The molecule has 38 heavy (non-hydrogen) atoms. The van der Waals surface area contributed by atoms with Gasteiger partial charge in [0.1, 0.15) is 17.9 Å². The molecule has 190 valence electrons. The zero-order valence-corrected chi connectivity index (χ0v) is 20.8. The standard InChI is InChI=1S/C27H24N8O3/c1-17-12-23(31-27(37)18-13-24(36)33(15-18)19-8-10-21(38-2)11-9-19)35(32-17)26-22-14-30-34(25(22)28-16-29-26)20-6-4-3-5-7-20/h3-12,14,16,18H,13,15H2,1-2H3,(H,31,37). The molecule has 0 aliphatic carbocycles. The van der Waals surface area contributed by atoms with E-state index in [0.29, 0.717) is 34.1 Å². The van der Waals surface area contributed by atoms with Crippen molar-refractivity contribution in [2.24, 2.45) is 5.92 Å². The van der Waals surface area contributed by atoms with Gasteiger partial charge in [-0.3, -0.25) is 9.59 Å². The minimum atomic E-state index is -0.514. The Morgan fingerprint density at radius 3 is 2.58 bits per heavy atom. The highest BCUT2D eigenvalue weighted by Gasteiger charge is 2.35. The summed E-state index contributed by atoms with van der Waals surface area (Å²) in [6, 6.07) is 18.6. The first-order valence-corrected chi connectivity index (χ1v) is 12.1. The molecule has 1 unspecified atom stereocenters. The van der Waals surface area contributed by atoms with Gasteiger partial charge >= 0.3 is 0 Å². The van der Waals surface area contributed by atoms with Crippen LogP contribution in [0, 0.1) is 12.8 Å². The topological polar surface area (TPSA) is 120 Å². The zero-order chi connectivity index (χ0) is 26.2. The predicted octanol–water partition coefficient (Wildman–Crippen LogP) is 3.31. The molecule has 1 atom stereocenters. The van der Waals surface area contributed by atoms with Crippen molar-refractivity contribution in [3.8, 4) is 17.3 Å². The number of hydrogen-bond acceptors (Lipinski definition) is 7. The van der Waals surface area contributed by atoms with E-state index >= 15 is 0 Å². The molecule has 11 heteroatoms. The number of nitrogens with one attached hydrogen (secondary N) is 1. The number of carbonyl (C=O) groups is 2. The number of nitrogens with zero attached hydrogens (tertiary/aromatic N) is 7. The lowest BCUT2D eigenvalue weighted by molar-refractivity contribution is -0.122. The van der Waals surface area contributed by atoms with Crippen molar-refractivity contribution in [2.45, 2.75) is 13.3 Å². The van der Waals surface area contributed by atoms with Gasteiger partial charge in [0.25, 0.3) is 0 Å². The van der Waals surface area contributed by atoms with Crippen LogP contribution in [-0.4, -0.2) is 55.0 Å². The lowest BCUT2D eigenvalue weighted by Crippen LogP contribution is -2.28. The third-order valence-corrected chi connectivity index (χ3v) is 6.51. The summed E-state index contributed by atoms with van der Waals surface area (Å²) >= 11 is 0. The van der Waals surface area contributed by atoms with Crippen LogP contribution in [0.25, 0.3) is 22.5 Å². The number of para-hydroxylation sites is 1. The maximum Gasteiger partial charge on any atom is 0.230 e. The van der Waals surface area contributed by atoms with Crippen molar-refractivity contribution < 1.29 is 14.3 Å². The van der Waals surface area contributed by atoms with Crippen LogP contribution in [0.4, 0.5) is 11.5 Å². The zero-order valence-electron chi connectivity index (χ0n) is 20.8. The molecule has 2 amide bonds. The smallest absolute Gasteiger partial charge is 0.230 e. The minimum absolute atomic E-state index is 0.106. The monoisotopic (exact) mass is 508 g/mol. The van der Waals surface area contributed by atoms with Gasteiger partial charge in [0.05, 0.1) is 36.0 Å². The van der Waals surface area contributed by atoms with E-state index in [1.807, 2.05) is 49.4 Å². The van der Waals surface area contributed by atoms with Gasteiger partial charge in [-0.2, -0.15) is 14.9 Å². The molecule has 0 spiro atoms. The quantitative estimate of drug-likeness (QED) is 0.374. The maximum atomic E-state index is 13.3. The molecule has 5 aromatic rings. The molecule has 1 aliphatic rings. The van der Waals surface area contributed by atoms with Crippen LogP contribution in [0.3, 0.4) is 0 Å². The minimum Gasteiger partial charge on any atom is -0.497 e. The molecular weight excluding hydrogens is 484 g/mol. The number of anilines is 2. The summed E-state index contributed by atoms with van der Waals surface area (Å²) < 4.78 is 8.50. The van der Waals surface area contributed by atoms with Gasteiger partial charge in [-0.25, -0.2) is 14.6 Å². The Balaban J connectivity index is 1.26. The van der Waals surface area contributed by atoms with Crippen molar-refractivity contribution in [3.63, 3.8) is 0 Å². The number of carbonyl (C=O) groups excluding carboxylic acids is 2. The first-order valence-electron chi connectivity index (χ1n) is 12.1. The van der Waals surface area contributed by atoms with E-state index in [4.69, 9.17) is 4.74 Å². The van der Waals surface area contributed by atoms with E-state index in [1.165, 1.54) is 6.33 Å². The van der Waals surface area contributed by atoms with Crippen LogP contribution < -0.4 is 15.0 Å². The SMILES string of the molecule is COc1ccc(N2CC(C(=O)Nc3cc(C)nn3-c3ncnc4c3cnn4-c3ccccc3)CC2=O)cc1.